The van der Waals surface area contributed by atoms with Gasteiger partial charge in [-0.05, 0) is 29.0 Å². The summed E-state index contributed by atoms with van der Waals surface area (Å²) in [6, 6.07) is 31.2. The first-order valence-electron chi connectivity index (χ1n) is 9.61. The highest BCUT2D eigenvalue weighted by Crippen LogP contribution is 2.41. The van der Waals surface area contributed by atoms with E-state index in [9.17, 15) is 4.79 Å². The highest BCUT2D eigenvalue weighted by Gasteiger charge is 2.38. The topological polar surface area (TPSA) is 26.3 Å². The Bertz CT molecular complexity index is 775. The molecule has 1 fully saturated rings. The van der Waals surface area contributed by atoms with E-state index >= 15 is 0 Å². The first kappa shape index (κ1) is 17.7. The van der Waals surface area contributed by atoms with Crippen LogP contribution in [0.1, 0.15) is 36.0 Å². The van der Waals surface area contributed by atoms with E-state index in [-0.39, 0.29) is 0 Å². The quantitative estimate of drug-likeness (QED) is 0.556. The summed E-state index contributed by atoms with van der Waals surface area (Å²) in [6.07, 6.45) is 2.24. The minimum atomic E-state index is -0.685. The molecule has 1 unspecified atom stereocenters. The zero-order chi connectivity index (χ0) is 18.5. The molecular weight excluding hydrogens is 332 g/mol. The molecular formula is C25H24O2. The van der Waals surface area contributed by atoms with Crippen molar-refractivity contribution < 1.29 is 9.53 Å². The number of hydrogen-bond donors (Lipinski definition) is 0. The highest BCUT2D eigenvalue weighted by atomic mass is 16.5. The van der Waals surface area contributed by atoms with E-state index < -0.39 is 5.60 Å². The number of carbonyl (C=O) groups is 1. The summed E-state index contributed by atoms with van der Waals surface area (Å²) in [5.74, 6) is 0.654. The standard InChI is InChI=1S/C25H24O2/c26-24-17-16-20(18-24)19-27-25(21-10-4-1-5-11-21,22-12-6-2-7-13-22)23-14-8-3-9-15-23/h1-15,20H,16-19H2. The van der Waals surface area contributed by atoms with Crippen molar-refractivity contribution >= 4 is 5.78 Å². The molecule has 0 aliphatic heterocycles. The lowest BCUT2D eigenvalue weighted by atomic mass is 9.80. The number of ether oxygens (including phenoxy) is 1. The molecule has 1 saturated carbocycles. The molecule has 27 heavy (non-hydrogen) atoms. The Kier molecular flexibility index (Phi) is 5.17. The maximum atomic E-state index is 11.7. The average molecular weight is 356 g/mol. The fourth-order valence-corrected chi connectivity index (χ4v) is 4.04. The SMILES string of the molecule is O=C1CCC(COC(c2ccccc2)(c2ccccc2)c2ccccc2)C1. The van der Waals surface area contributed by atoms with Crippen LogP contribution in [-0.4, -0.2) is 12.4 Å². The van der Waals surface area contributed by atoms with E-state index in [1.54, 1.807) is 0 Å². The largest absolute Gasteiger partial charge is 0.361 e. The lowest BCUT2D eigenvalue weighted by Gasteiger charge is -2.36. The molecule has 0 heterocycles. The van der Waals surface area contributed by atoms with E-state index in [0.717, 1.165) is 23.1 Å². The zero-order valence-corrected chi connectivity index (χ0v) is 15.4. The Morgan fingerprint density at radius 3 is 1.56 bits per heavy atom. The lowest BCUT2D eigenvalue weighted by molar-refractivity contribution is -0.117. The molecule has 2 nitrogen and oxygen atoms in total. The molecule has 4 rings (SSSR count). The van der Waals surface area contributed by atoms with Crippen LogP contribution in [0.15, 0.2) is 91.0 Å². The van der Waals surface area contributed by atoms with Crippen LogP contribution in [0.5, 0.6) is 0 Å². The summed E-state index contributed by atoms with van der Waals surface area (Å²) in [6.45, 7) is 0.574. The fraction of sp³-hybridized carbons (Fsp3) is 0.240. The Morgan fingerprint density at radius 1 is 0.741 bits per heavy atom. The number of carbonyl (C=O) groups excluding carboxylic acids is 1. The maximum Gasteiger partial charge on any atom is 0.143 e. The van der Waals surface area contributed by atoms with E-state index in [2.05, 4.69) is 72.8 Å². The van der Waals surface area contributed by atoms with Gasteiger partial charge in [0.2, 0.25) is 0 Å². The molecule has 0 radical (unpaired) electrons. The molecule has 0 N–H and O–H groups in total. The molecule has 3 aromatic carbocycles. The molecule has 0 spiro atoms. The van der Waals surface area contributed by atoms with Crippen molar-refractivity contribution in [3.8, 4) is 0 Å². The highest BCUT2D eigenvalue weighted by molar-refractivity contribution is 5.80. The van der Waals surface area contributed by atoms with Crippen LogP contribution in [-0.2, 0) is 15.1 Å². The van der Waals surface area contributed by atoms with Gasteiger partial charge in [0.05, 0.1) is 6.61 Å². The molecule has 2 heteroatoms. The monoisotopic (exact) mass is 356 g/mol. The predicted octanol–water partition coefficient (Wildman–Crippen LogP) is 5.36. The van der Waals surface area contributed by atoms with E-state index in [1.165, 1.54) is 0 Å². The Morgan fingerprint density at radius 2 is 1.19 bits per heavy atom. The molecule has 3 aromatic rings. The van der Waals surface area contributed by atoms with Crippen LogP contribution in [0.2, 0.25) is 0 Å². The third-order valence-corrected chi connectivity index (χ3v) is 5.42. The summed E-state index contributed by atoms with van der Waals surface area (Å²) in [5, 5.41) is 0. The van der Waals surface area contributed by atoms with Gasteiger partial charge in [0.1, 0.15) is 11.4 Å². The molecule has 1 atom stereocenters. The second-order valence-corrected chi connectivity index (χ2v) is 7.24. The number of Topliss-reactive ketones (excluding diaryl/α,β-unsaturated/α-hetero) is 1. The number of benzene rings is 3. The van der Waals surface area contributed by atoms with Crippen molar-refractivity contribution in [2.45, 2.75) is 24.9 Å². The summed E-state index contributed by atoms with van der Waals surface area (Å²) in [7, 11) is 0. The lowest BCUT2D eigenvalue weighted by Crippen LogP contribution is -2.34. The molecule has 136 valence electrons. The van der Waals surface area contributed by atoms with Gasteiger partial charge >= 0.3 is 0 Å². The Labute approximate surface area is 160 Å². The summed E-state index contributed by atoms with van der Waals surface area (Å²) in [4.78, 5) is 11.7. The van der Waals surface area contributed by atoms with Crippen LogP contribution in [0.3, 0.4) is 0 Å². The van der Waals surface area contributed by atoms with Crippen molar-refractivity contribution in [3.63, 3.8) is 0 Å². The number of ketones is 1. The van der Waals surface area contributed by atoms with E-state index in [4.69, 9.17) is 4.74 Å². The van der Waals surface area contributed by atoms with Gasteiger partial charge in [0.15, 0.2) is 0 Å². The molecule has 0 bridgehead atoms. The first-order chi connectivity index (χ1) is 13.3. The molecule has 1 aliphatic carbocycles. The first-order valence-corrected chi connectivity index (χ1v) is 9.61. The van der Waals surface area contributed by atoms with E-state index in [1.807, 2.05) is 18.2 Å². The van der Waals surface area contributed by atoms with Crippen LogP contribution in [0.25, 0.3) is 0 Å². The van der Waals surface area contributed by atoms with Gasteiger partial charge in [-0.25, -0.2) is 0 Å². The van der Waals surface area contributed by atoms with Gasteiger partial charge in [0.25, 0.3) is 0 Å². The second-order valence-electron chi connectivity index (χ2n) is 7.24. The molecule has 0 amide bonds. The van der Waals surface area contributed by atoms with Gasteiger partial charge in [-0.3, -0.25) is 4.79 Å². The minimum absolute atomic E-state index is 0.299. The van der Waals surface area contributed by atoms with Crippen molar-refractivity contribution in [3.05, 3.63) is 108 Å². The number of rotatable bonds is 6. The van der Waals surface area contributed by atoms with Gasteiger partial charge in [-0.2, -0.15) is 0 Å². The van der Waals surface area contributed by atoms with Crippen molar-refractivity contribution in [2.24, 2.45) is 5.92 Å². The van der Waals surface area contributed by atoms with E-state index in [0.29, 0.717) is 31.1 Å². The van der Waals surface area contributed by atoms with Crippen molar-refractivity contribution in [2.75, 3.05) is 6.61 Å². The predicted molar refractivity (Wildman–Crippen MR) is 108 cm³/mol. The minimum Gasteiger partial charge on any atom is -0.361 e. The Hall–Kier alpha value is -2.71. The summed E-state index contributed by atoms with van der Waals surface area (Å²) >= 11 is 0. The summed E-state index contributed by atoms with van der Waals surface area (Å²) < 4.78 is 6.77. The summed E-state index contributed by atoms with van der Waals surface area (Å²) in [5.41, 5.74) is 2.63. The van der Waals surface area contributed by atoms with Gasteiger partial charge in [0, 0.05) is 12.8 Å². The third kappa shape index (κ3) is 3.58. The van der Waals surface area contributed by atoms with Gasteiger partial charge < -0.3 is 4.74 Å². The zero-order valence-electron chi connectivity index (χ0n) is 15.4. The third-order valence-electron chi connectivity index (χ3n) is 5.42. The second kappa shape index (κ2) is 7.89. The Balaban J connectivity index is 1.82. The van der Waals surface area contributed by atoms with Crippen molar-refractivity contribution in [1.82, 2.24) is 0 Å². The molecule has 0 saturated heterocycles. The fourth-order valence-electron chi connectivity index (χ4n) is 4.04. The van der Waals surface area contributed by atoms with Gasteiger partial charge in [-0.15, -0.1) is 0 Å². The smallest absolute Gasteiger partial charge is 0.143 e. The maximum absolute atomic E-state index is 11.7. The molecule has 1 aliphatic rings. The van der Waals surface area contributed by atoms with Crippen LogP contribution in [0, 0.1) is 5.92 Å². The van der Waals surface area contributed by atoms with Gasteiger partial charge in [-0.1, -0.05) is 91.0 Å². The van der Waals surface area contributed by atoms with Crippen LogP contribution >= 0.6 is 0 Å². The van der Waals surface area contributed by atoms with Crippen molar-refractivity contribution in [1.29, 1.82) is 0 Å². The normalized spacial score (nSPS) is 17.2. The number of hydrogen-bond acceptors (Lipinski definition) is 2. The average Bonchev–Trinajstić information content (AvgIpc) is 3.16. The molecule has 0 aromatic heterocycles. The van der Waals surface area contributed by atoms with Crippen LogP contribution < -0.4 is 0 Å². The van der Waals surface area contributed by atoms with Crippen LogP contribution in [0.4, 0.5) is 0 Å².